The average Bonchev–Trinajstić information content (AvgIpc) is 2.72. The van der Waals surface area contributed by atoms with Crippen LogP contribution in [-0.4, -0.2) is 6.04 Å². The molecule has 1 unspecified atom stereocenters. The highest BCUT2D eigenvalue weighted by Crippen LogP contribution is 2.27. The van der Waals surface area contributed by atoms with Gasteiger partial charge in [0.15, 0.2) is 0 Å². The minimum atomic E-state index is 0.393. The van der Waals surface area contributed by atoms with Crippen molar-refractivity contribution in [1.29, 1.82) is 0 Å². The molecule has 0 amide bonds. The van der Waals surface area contributed by atoms with E-state index in [4.69, 9.17) is 5.73 Å². The summed E-state index contributed by atoms with van der Waals surface area (Å²) in [4.78, 5) is 0. The van der Waals surface area contributed by atoms with E-state index in [9.17, 15) is 0 Å². The summed E-state index contributed by atoms with van der Waals surface area (Å²) in [6.45, 7) is 0. The summed E-state index contributed by atoms with van der Waals surface area (Å²) in [5, 5.41) is 4.37. The van der Waals surface area contributed by atoms with Gasteiger partial charge in [-0.1, -0.05) is 19.3 Å². The second kappa shape index (κ2) is 4.94. The summed E-state index contributed by atoms with van der Waals surface area (Å²) in [6.07, 6.45) is 7.98. The minimum Gasteiger partial charge on any atom is -0.327 e. The summed E-state index contributed by atoms with van der Waals surface area (Å²) in [6, 6.07) is 2.60. The maximum atomic E-state index is 6.24. The molecular formula is C12H19NS. The Bertz CT molecular complexity index is 249. The molecule has 1 heterocycles. The van der Waals surface area contributed by atoms with Crippen LogP contribution in [0.3, 0.4) is 0 Å². The van der Waals surface area contributed by atoms with Crippen molar-refractivity contribution in [2.75, 3.05) is 0 Å². The Morgan fingerprint density at radius 2 is 2.14 bits per heavy atom. The zero-order chi connectivity index (χ0) is 9.80. The van der Waals surface area contributed by atoms with E-state index in [1.165, 1.54) is 37.7 Å². The Balaban J connectivity index is 1.85. The van der Waals surface area contributed by atoms with Crippen LogP contribution >= 0.6 is 11.3 Å². The summed E-state index contributed by atoms with van der Waals surface area (Å²) >= 11 is 1.77. The molecule has 1 aromatic rings. The lowest BCUT2D eigenvalue weighted by atomic mass is 9.82. The van der Waals surface area contributed by atoms with Gasteiger partial charge < -0.3 is 5.73 Å². The number of rotatable bonds is 3. The molecule has 1 aliphatic carbocycles. The Hall–Kier alpha value is -0.340. The van der Waals surface area contributed by atoms with Crippen LogP contribution in [0.2, 0.25) is 0 Å². The predicted molar refractivity (Wildman–Crippen MR) is 62.6 cm³/mol. The van der Waals surface area contributed by atoms with Gasteiger partial charge in [0.1, 0.15) is 0 Å². The molecule has 1 saturated carbocycles. The van der Waals surface area contributed by atoms with Crippen molar-refractivity contribution in [3.05, 3.63) is 22.4 Å². The summed E-state index contributed by atoms with van der Waals surface area (Å²) in [7, 11) is 0. The highest BCUT2D eigenvalue weighted by Gasteiger charge is 2.20. The lowest BCUT2D eigenvalue weighted by molar-refractivity contribution is 0.303. The van der Waals surface area contributed by atoms with E-state index in [-0.39, 0.29) is 0 Å². The van der Waals surface area contributed by atoms with E-state index in [2.05, 4.69) is 16.8 Å². The van der Waals surface area contributed by atoms with Crippen molar-refractivity contribution in [2.45, 2.75) is 44.6 Å². The van der Waals surface area contributed by atoms with Crippen molar-refractivity contribution in [1.82, 2.24) is 0 Å². The van der Waals surface area contributed by atoms with Gasteiger partial charge in [-0.15, -0.1) is 0 Å². The zero-order valence-electron chi connectivity index (χ0n) is 8.61. The average molecular weight is 209 g/mol. The molecule has 2 heteroatoms. The molecule has 78 valence electrons. The minimum absolute atomic E-state index is 0.393. The number of nitrogens with two attached hydrogens (primary N) is 1. The van der Waals surface area contributed by atoms with Crippen LogP contribution in [-0.2, 0) is 6.42 Å². The first-order valence-corrected chi connectivity index (χ1v) is 6.57. The molecule has 1 aromatic heterocycles. The van der Waals surface area contributed by atoms with Crippen molar-refractivity contribution >= 4 is 11.3 Å². The van der Waals surface area contributed by atoms with E-state index in [1.807, 2.05) is 0 Å². The van der Waals surface area contributed by atoms with Gasteiger partial charge in [-0.2, -0.15) is 11.3 Å². The van der Waals surface area contributed by atoms with Crippen molar-refractivity contribution in [3.63, 3.8) is 0 Å². The topological polar surface area (TPSA) is 26.0 Å². The van der Waals surface area contributed by atoms with Crippen LogP contribution < -0.4 is 5.73 Å². The molecule has 0 spiro atoms. The third kappa shape index (κ3) is 2.58. The van der Waals surface area contributed by atoms with Gasteiger partial charge in [-0.3, -0.25) is 0 Å². The lowest BCUT2D eigenvalue weighted by Crippen LogP contribution is -2.33. The van der Waals surface area contributed by atoms with Crippen molar-refractivity contribution in [2.24, 2.45) is 11.7 Å². The molecule has 2 rings (SSSR count). The fourth-order valence-corrected chi connectivity index (χ4v) is 3.09. The molecule has 2 N–H and O–H groups in total. The van der Waals surface area contributed by atoms with Gasteiger partial charge in [0.05, 0.1) is 0 Å². The number of hydrogen-bond donors (Lipinski definition) is 1. The van der Waals surface area contributed by atoms with Crippen LogP contribution in [0.15, 0.2) is 16.8 Å². The highest BCUT2D eigenvalue weighted by atomic mass is 32.1. The summed E-state index contributed by atoms with van der Waals surface area (Å²) < 4.78 is 0. The quantitative estimate of drug-likeness (QED) is 0.813. The van der Waals surface area contributed by atoms with Crippen LogP contribution in [0.25, 0.3) is 0 Å². The van der Waals surface area contributed by atoms with Gasteiger partial charge in [-0.05, 0) is 47.6 Å². The van der Waals surface area contributed by atoms with E-state index < -0.39 is 0 Å². The molecule has 1 fully saturated rings. The molecule has 1 atom stereocenters. The molecule has 0 saturated heterocycles. The van der Waals surface area contributed by atoms with Gasteiger partial charge in [-0.25, -0.2) is 0 Å². The van der Waals surface area contributed by atoms with Crippen molar-refractivity contribution in [3.8, 4) is 0 Å². The Morgan fingerprint density at radius 3 is 2.79 bits per heavy atom. The first-order chi connectivity index (χ1) is 6.86. The number of hydrogen-bond acceptors (Lipinski definition) is 2. The van der Waals surface area contributed by atoms with E-state index in [1.54, 1.807) is 11.3 Å². The lowest BCUT2D eigenvalue weighted by Gasteiger charge is -2.27. The predicted octanol–water partition coefficient (Wildman–Crippen LogP) is 3.20. The van der Waals surface area contributed by atoms with Crippen LogP contribution in [0.5, 0.6) is 0 Å². The zero-order valence-corrected chi connectivity index (χ0v) is 9.43. The first kappa shape index (κ1) is 10.2. The Kier molecular flexibility index (Phi) is 3.60. The summed E-state index contributed by atoms with van der Waals surface area (Å²) in [5.41, 5.74) is 7.67. The molecule has 0 aliphatic heterocycles. The van der Waals surface area contributed by atoms with Crippen LogP contribution in [0.4, 0.5) is 0 Å². The van der Waals surface area contributed by atoms with Crippen LogP contribution in [0.1, 0.15) is 37.7 Å². The maximum Gasteiger partial charge on any atom is 0.0108 e. The monoisotopic (exact) mass is 209 g/mol. The fraction of sp³-hybridized carbons (Fsp3) is 0.667. The van der Waals surface area contributed by atoms with Gasteiger partial charge >= 0.3 is 0 Å². The largest absolute Gasteiger partial charge is 0.327 e. The SMILES string of the molecule is NC(Cc1ccsc1)C1CCCCC1. The van der Waals surface area contributed by atoms with Gasteiger partial charge in [0, 0.05) is 6.04 Å². The van der Waals surface area contributed by atoms with Gasteiger partial charge in [0.25, 0.3) is 0 Å². The smallest absolute Gasteiger partial charge is 0.0108 e. The van der Waals surface area contributed by atoms with Gasteiger partial charge in [0.2, 0.25) is 0 Å². The summed E-state index contributed by atoms with van der Waals surface area (Å²) in [5.74, 6) is 0.781. The van der Waals surface area contributed by atoms with E-state index in [0.29, 0.717) is 6.04 Å². The third-order valence-electron chi connectivity index (χ3n) is 3.31. The number of thiophene rings is 1. The Morgan fingerprint density at radius 1 is 1.36 bits per heavy atom. The first-order valence-electron chi connectivity index (χ1n) is 5.63. The molecule has 1 nitrogen and oxygen atoms in total. The standard InChI is InChI=1S/C12H19NS/c13-12(8-10-6-7-14-9-10)11-4-2-1-3-5-11/h6-7,9,11-12H,1-5,8,13H2. The maximum absolute atomic E-state index is 6.24. The Labute approximate surface area is 90.3 Å². The molecule has 1 aliphatic rings. The van der Waals surface area contributed by atoms with E-state index >= 15 is 0 Å². The normalized spacial score (nSPS) is 20.9. The molecule has 0 bridgehead atoms. The molecular weight excluding hydrogens is 190 g/mol. The van der Waals surface area contributed by atoms with Crippen LogP contribution in [0, 0.1) is 5.92 Å². The second-order valence-electron chi connectivity index (χ2n) is 4.40. The van der Waals surface area contributed by atoms with Crippen molar-refractivity contribution < 1.29 is 0 Å². The highest BCUT2D eigenvalue weighted by molar-refractivity contribution is 7.07. The molecule has 0 radical (unpaired) electrons. The third-order valence-corrected chi connectivity index (χ3v) is 4.04. The molecule has 14 heavy (non-hydrogen) atoms. The van der Waals surface area contributed by atoms with E-state index in [0.717, 1.165) is 12.3 Å². The fourth-order valence-electron chi connectivity index (χ4n) is 2.41. The second-order valence-corrected chi connectivity index (χ2v) is 5.18. The molecule has 0 aromatic carbocycles.